The van der Waals surface area contributed by atoms with Crippen molar-refractivity contribution < 1.29 is 13.9 Å². The first-order valence-electron chi connectivity index (χ1n) is 7.12. The Morgan fingerprint density at radius 1 is 1.15 bits per heavy atom. The molecule has 3 rings (SSSR count). The fourth-order valence-electron chi connectivity index (χ4n) is 2.97. The zero-order chi connectivity index (χ0) is 13.9. The highest BCUT2D eigenvalue weighted by molar-refractivity contribution is 5.69. The maximum absolute atomic E-state index is 12.9. The average Bonchev–Trinajstić information content (AvgIpc) is 2.89. The first kappa shape index (κ1) is 13.4. The number of likely N-dealkylation sites (tertiary alicyclic amines) is 1. The van der Waals surface area contributed by atoms with E-state index in [0.29, 0.717) is 12.6 Å². The molecule has 0 atom stereocenters. The topological polar surface area (TPSA) is 32.8 Å². The lowest BCUT2D eigenvalue weighted by Gasteiger charge is -2.35. The van der Waals surface area contributed by atoms with Gasteiger partial charge in [0, 0.05) is 25.7 Å². The molecular formula is C15H19FN2O2. The quantitative estimate of drug-likeness (QED) is 0.850. The van der Waals surface area contributed by atoms with E-state index >= 15 is 0 Å². The molecule has 0 spiro atoms. The number of cyclic esters (lactones) is 1. The SMILES string of the molecule is O=C1OCCN1C1CCN(Cc2ccc(F)cc2)CC1. The van der Waals surface area contributed by atoms with Crippen molar-refractivity contribution >= 4 is 6.09 Å². The van der Waals surface area contributed by atoms with Crippen molar-refractivity contribution in [2.24, 2.45) is 0 Å². The Morgan fingerprint density at radius 2 is 1.85 bits per heavy atom. The Hall–Kier alpha value is -1.62. The predicted octanol–water partition coefficient (Wildman–Crippen LogP) is 2.24. The number of carbonyl (C=O) groups is 1. The van der Waals surface area contributed by atoms with Gasteiger partial charge in [-0.1, -0.05) is 12.1 Å². The molecule has 2 heterocycles. The Labute approximate surface area is 118 Å². The van der Waals surface area contributed by atoms with Crippen LogP contribution in [0.2, 0.25) is 0 Å². The molecule has 2 saturated heterocycles. The highest BCUT2D eigenvalue weighted by atomic mass is 19.1. The second-order valence-corrected chi connectivity index (χ2v) is 5.44. The molecule has 2 aliphatic rings. The van der Waals surface area contributed by atoms with Crippen LogP contribution in [-0.2, 0) is 11.3 Å². The van der Waals surface area contributed by atoms with E-state index in [1.165, 1.54) is 12.1 Å². The molecule has 1 amide bonds. The van der Waals surface area contributed by atoms with E-state index in [2.05, 4.69) is 4.90 Å². The molecule has 0 radical (unpaired) electrons. The van der Waals surface area contributed by atoms with Crippen molar-refractivity contribution in [3.8, 4) is 0 Å². The van der Waals surface area contributed by atoms with Gasteiger partial charge in [0.15, 0.2) is 0 Å². The lowest BCUT2D eigenvalue weighted by molar-refractivity contribution is 0.115. The number of hydrogen-bond donors (Lipinski definition) is 0. The lowest BCUT2D eigenvalue weighted by atomic mass is 10.0. The number of carbonyl (C=O) groups excluding carboxylic acids is 1. The molecular weight excluding hydrogens is 259 g/mol. The number of piperidine rings is 1. The number of ether oxygens (including phenoxy) is 1. The van der Waals surface area contributed by atoms with E-state index in [1.54, 1.807) is 0 Å². The van der Waals surface area contributed by atoms with Gasteiger partial charge in [0.2, 0.25) is 0 Å². The molecule has 0 bridgehead atoms. The van der Waals surface area contributed by atoms with Crippen LogP contribution in [0.15, 0.2) is 24.3 Å². The second-order valence-electron chi connectivity index (χ2n) is 5.44. The summed E-state index contributed by atoms with van der Waals surface area (Å²) in [5.41, 5.74) is 1.13. The van der Waals surface area contributed by atoms with E-state index in [0.717, 1.165) is 44.6 Å². The van der Waals surface area contributed by atoms with E-state index < -0.39 is 0 Å². The van der Waals surface area contributed by atoms with Gasteiger partial charge in [0.05, 0.1) is 6.54 Å². The molecule has 1 aromatic rings. The van der Waals surface area contributed by atoms with Crippen molar-refractivity contribution in [3.05, 3.63) is 35.6 Å². The smallest absolute Gasteiger partial charge is 0.410 e. The molecule has 0 aliphatic carbocycles. The summed E-state index contributed by atoms with van der Waals surface area (Å²) >= 11 is 0. The predicted molar refractivity (Wildman–Crippen MR) is 72.8 cm³/mol. The van der Waals surface area contributed by atoms with Gasteiger partial charge in [-0.25, -0.2) is 9.18 Å². The summed E-state index contributed by atoms with van der Waals surface area (Å²) in [6.07, 6.45) is 1.80. The van der Waals surface area contributed by atoms with Crippen LogP contribution in [-0.4, -0.2) is 48.2 Å². The molecule has 4 nitrogen and oxygen atoms in total. The fraction of sp³-hybridized carbons (Fsp3) is 0.533. The molecule has 0 N–H and O–H groups in total. The molecule has 108 valence electrons. The van der Waals surface area contributed by atoms with Gasteiger partial charge in [-0.15, -0.1) is 0 Å². The van der Waals surface area contributed by atoms with E-state index in [9.17, 15) is 9.18 Å². The van der Waals surface area contributed by atoms with Gasteiger partial charge in [-0.3, -0.25) is 4.90 Å². The van der Waals surface area contributed by atoms with Gasteiger partial charge in [-0.05, 0) is 30.5 Å². The molecule has 20 heavy (non-hydrogen) atoms. The molecule has 1 aromatic carbocycles. The standard InChI is InChI=1S/C15H19FN2O2/c16-13-3-1-12(2-4-13)11-17-7-5-14(6-8-17)18-9-10-20-15(18)19/h1-4,14H,5-11H2. The third-order valence-corrected chi connectivity index (χ3v) is 4.11. The van der Waals surface area contributed by atoms with Crippen molar-refractivity contribution in [1.29, 1.82) is 0 Å². The maximum Gasteiger partial charge on any atom is 0.410 e. The lowest BCUT2D eigenvalue weighted by Crippen LogP contribution is -2.45. The number of halogens is 1. The monoisotopic (exact) mass is 278 g/mol. The van der Waals surface area contributed by atoms with Gasteiger partial charge in [0.25, 0.3) is 0 Å². The molecule has 5 heteroatoms. The Balaban J connectivity index is 1.51. The molecule has 0 unspecified atom stereocenters. The zero-order valence-corrected chi connectivity index (χ0v) is 11.4. The number of amides is 1. The minimum Gasteiger partial charge on any atom is -0.448 e. The average molecular weight is 278 g/mol. The van der Waals surface area contributed by atoms with Crippen LogP contribution in [0.5, 0.6) is 0 Å². The summed E-state index contributed by atoms with van der Waals surface area (Å²) in [6.45, 7) is 4.02. The van der Waals surface area contributed by atoms with E-state index in [4.69, 9.17) is 4.74 Å². The van der Waals surface area contributed by atoms with Crippen molar-refractivity contribution in [1.82, 2.24) is 9.80 Å². The van der Waals surface area contributed by atoms with Gasteiger partial charge >= 0.3 is 6.09 Å². The van der Waals surface area contributed by atoms with E-state index in [1.807, 2.05) is 17.0 Å². The second kappa shape index (κ2) is 5.79. The number of hydrogen-bond acceptors (Lipinski definition) is 3. The van der Waals surface area contributed by atoms with Crippen molar-refractivity contribution in [3.63, 3.8) is 0 Å². The highest BCUT2D eigenvalue weighted by Crippen LogP contribution is 2.21. The normalized spacial score (nSPS) is 21.2. The first-order chi connectivity index (χ1) is 9.72. The molecule has 2 aliphatic heterocycles. The highest BCUT2D eigenvalue weighted by Gasteiger charge is 2.31. The Bertz CT molecular complexity index is 469. The van der Waals surface area contributed by atoms with Crippen molar-refractivity contribution in [2.75, 3.05) is 26.2 Å². The number of benzene rings is 1. The molecule has 0 aromatic heterocycles. The minimum absolute atomic E-state index is 0.165. The van der Waals surface area contributed by atoms with Crippen LogP contribution in [0, 0.1) is 5.82 Å². The third kappa shape index (κ3) is 2.93. The summed E-state index contributed by atoms with van der Waals surface area (Å²) in [7, 11) is 0. The largest absolute Gasteiger partial charge is 0.448 e. The van der Waals surface area contributed by atoms with E-state index in [-0.39, 0.29) is 11.9 Å². The maximum atomic E-state index is 12.9. The minimum atomic E-state index is -0.194. The summed E-state index contributed by atoms with van der Waals surface area (Å²) in [5.74, 6) is -0.194. The van der Waals surface area contributed by atoms with Crippen LogP contribution in [0.1, 0.15) is 18.4 Å². The summed E-state index contributed by atoms with van der Waals surface area (Å²) in [4.78, 5) is 15.7. The van der Waals surface area contributed by atoms with Crippen molar-refractivity contribution in [2.45, 2.75) is 25.4 Å². The summed E-state index contributed by atoms with van der Waals surface area (Å²) in [6, 6.07) is 6.98. The first-order valence-corrected chi connectivity index (χ1v) is 7.12. The van der Waals surface area contributed by atoms with Gasteiger partial charge < -0.3 is 9.64 Å². The van der Waals surface area contributed by atoms with Gasteiger partial charge in [-0.2, -0.15) is 0 Å². The third-order valence-electron chi connectivity index (χ3n) is 4.11. The number of rotatable bonds is 3. The summed E-state index contributed by atoms with van der Waals surface area (Å²) < 4.78 is 17.9. The zero-order valence-electron chi connectivity index (χ0n) is 11.4. The van der Waals surface area contributed by atoms with Crippen LogP contribution < -0.4 is 0 Å². The van der Waals surface area contributed by atoms with Crippen LogP contribution >= 0.6 is 0 Å². The van der Waals surface area contributed by atoms with Crippen LogP contribution in [0.4, 0.5) is 9.18 Å². The molecule has 2 fully saturated rings. The fourth-order valence-corrected chi connectivity index (χ4v) is 2.97. The Kier molecular flexibility index (Phi) is 3.87. The number of nitrogens with zero attached hydrogens (tertiary/aromatic N) is 2. The van der Waals surface area contributed by atoms with Crippen LogP contribution in [0.25, 0.3) is 0 Å². The summed E-state index contributed by atoms with van der Waals surface area (Å²) in [5, 5.41) is 0. The molecule has 0 saturated carbocycles. The van der Waals surface area contributed by atoms with Crippen LogP contribution in [0.3, 0.4) is 0 Å². The Morgan fingerprint density at radius 3 is 2.45 bits per heavy atom. The van der Waals surface area contributed by atoms with Gasteiger partial charge in [0.1, 0.15) is 12.4 Å².